The normalized spacial score (nSPS) is 10.7. The lowest BCUT2D eigenvalue weighted by Gasteiger charge is -2.08. The Kier molecular flexibility index (Phi) is 4.17. The molecule has 0 aliphatic rings. The fourth-order valence-corrected chi connectivity index (χ4v) is 2.42. The van der Waals surface area contributed by atoms with Crippen LogP contribution >= 0.6 is 11.6 Å². The summed E-state index contributed by atoms with van der Waals surface area (Å²) in [6, 6.07) is 13.6. The summed E-state index contributed by atoms with van der Waals surface area (Å²) in [6.07, 6.45) is 0. The summed E-state index contributed by atoms with van der Waals surface area (Å²) in [4.78, 5) is 16.3. The summed E-state index contributed by atoms with van der Waals surface area (Å²) in [5, 5.41) is 10.5. The minimum absolute atomic E-state index is 0.0371. The summed E-state index contributed by atoms with van der Waals surface area (Å²) in [5.41, 5.74) is 2.93. The first-order valence-electron chi connectivity index (χ1n) is 7.05. The Bertz CT molecular complexity index is 875. The molecular weight excluding hydrogens is 314 g/mol. The van der Waals surface area contributed by atoms with E-state index in [1.54, 1.807) is 0 Å². The maximum atomic E-state index is 12.0. The lowest BCUT2D eigenvalue weighted by atomic mass is 10.1. The number of phenols is 1. The monoisotopic (exact) mass is 327 g/mol. The molecule has 0 aliphatic carbocycles. The first-order valence-corrected chi connectivity index (χ1v) is 7.42. The quantitative estimate of drug-likeness (QED) is 0.577. The minimum Gasteiger partial charge on any atom is -0.508 e. The topological polar surface area (TPSA) is 59.4 Å². The molecule has 3 rings (SSSR count). The van der Waals surface area contributed by atoms with Crippen molar-refractivity contribution in [2.75, 3.05) is 0 Å². The van der Waals surface area contributed by atoms with Crippen LogP contribution < -0.4 is 0 Å². The number of carbonyl (C=O) groups excluding carboxylic acids is 1. The summed E-state index contributed by atoms with van der Waals surface area (Å²) < 4.78 is 5.26. The van der Waals surface area contributed by atoms with E-state index in [9.17, 15) is 9.90 Å². The Morgan fingerprint density at radius 2 is 1.91 bits per heavy atom. The molecule has 0 saturated heterocycles. The fourth-order valence-electron chi connectivity index (χ4n) is 2.22. The third-order valence-corrected chi connectivity index (χ3v) is 3.79. The molecule has 0 amide bonds. The van der Waals surface area contributed by atoms with Crippen LogP contribution in [0.3, 0.4) is 0 Å². The number of hydrogen-bond acceptors (Lipinski definition) is 4. The highest BCUT2D eigenvalue weighted by Crippen LogP contribution is 2.22. The minimum atomic E-state index is -0.481. The van der Waals surface area contributed by atoms with E-state index >= 15 is 0 Å². The SMILES string of the molecule is Cc1ccc2cc(COC(=O)c3ccc(O)cc3)c(Cl)nc2c1. The van der Waals surface area contributed by atoms with Crippen LogP contribution in [0.1, 0.15) is 21.5 Å². The molecule has 1 N–H and O–H groups in total. The lowest BCUT2D eigenvalue weighted by Crippen LogP contribution is -2.05. The Labute approximate surface area is 138 Å². The fraction of sp³-hybridized carbons (Fsp3) is 0.111. The van der Waals surface area contributed by atoms with Crippen LogP contribution in [0.25, 0.3) is 10.9 Å². The molecule has 0 aliphatic heterocycles. The first-order chi connectivity index (χ1) is 11.0. The van der Waals surface area contributed by atoms with Gasteiger partial charge in [-0.1, -0.05) is 23.7 Å². The Morgan fingerprint density at radius 3 is 2.65 bits per heavy atom. The van der Waals surface area contributed by atoms with Gasteiger partial charge in [0, 0.05) is 10.9 Å². The van der Waals surface area contributed by atoms with E-state index in [-0.39, 0.29) is 12.4 Å². The molecule has 0 bridgehead atoms. The van der Waals surface area contributed by atoms with E-state index in [2.05, 4.69) is 4.98 Å². The number of ether oxygens (including phenoxy) is 1. The van der Waals surface area contributed by atoms with E-state index in [1.165, 1.54) is 24.3 Å². The molecule has 0 fully saturated rings. The number of aromatic hydroxyl groups is 1. The zero-order chi connectivity index (χ0) is 16.4. The molecule has 0 atom stereocenters. The van der Waals surface area contributed by atoms with Crippen molar-refractivity contribution in [3.05, 3.63) is 70.4 Å². The maximum Gasteiger partial charge on any atom is 0.338 e. The van der Waals surface area contributed by atoms with E-state index in [4.69, 9.17) is 16.3 Å². The molecule has 1 heterocycles. The van der Waals surface area contributed by atoms with Crippen molar-refractivity contribution in [2.24, 2.45) is 0 Å². The van der Waals surface area contributed by atoms with Crippen molar-refractivity contribution in [3.8, 4) is 5.75 Å². The van der Waals surface area contributed by atoms with Crippen LogP contribution in [0.5, 0.6) is 5.75 Å². The molecule has 0 saturated carbocycles. The third kappa shape index (κ3) is 3.43. The molecule has 4 nitrogen and oxygen atoms in total. The summed E-state index contributed by atoms with van der Waals surface area (Å²) >= 11 is 6.17. The molecule has 2 aromatic carbocycles. The molecule has 5 heteroatoms. The second-order valence-corrected chi connectivity index (χ2v) is 5.62. The van der Waals surface area contributed by atoms with Gasteiger partial charge in [0.25, 0.3) is 0 Å². The van der Waals surface area contributed by atoms with Crippen LogP contribution in [0.2, 0.25) is 5.15 Å². The van der Waals surface area contributed by atoms with Gasteiger partial charge in [0.1, 0.15) is 17.5 Å². The van der Waals surface area contributed by atoms with E-state index in [1.807, 2.05) is 31.2 Å². The highest BCUT2D eigenvalue weighted by atomic mass is 35.5. The van der Waals surface area contributed by atoms with E-state index in [0.29, 0.717) is 16.3 Å². The highest BCUT2D eigenvalue weighted by molar-refractivity contribution is 6.30. The molecule has 0 radical (unpaired) electrons. The lowest BCUT2D eigenvalue weighted by molar-refractivity contribution is 0.0472. The van der Waals surface area contributed by atoms with Gasteiger partial charge in [-0.25, -0.2) is 9.78 Å². The predicted octanol–water partition coefficient (Wildman–Crippen LogP) is 4.26. The zero-order valence-electron chi connectivity index (χ0n) is 12.4. The summed E-state index contributed by atoms with van der Waals surface area (Å²) in [6.45, 7) is 2.03. The van der Waals surface area contributed by atoms with Gasteiger partial charge in [0.15, 0.2) is 0 Å². The number of pyridine rings is 1. The molecule has 23 heavy (non-hydrogen) atoms. The maximum absolute atomic E-state index is 12.0. The van der Waals surface area contributed by atoms with Crippen molar-refractivity contribution in [1.82, 2.24) is 4.98 Å². The van der Waals surface area contributed by atoms with Crippen molar-refractivity contribution in [2.45, 2.75) is 13.5 Å². The zero-order valence-corrected chi connectivity index (χ0v) is 13.2. The molecule has 0 spiro atoms. The van der Waals surface area contributed by atoms with Gasteiger partial charge in [0.2, 0.25) is 0 Å². The van der Waals surface area contributed by atoms with Gasteiger partial charge in [-0.3, -0.25) is 0 Å². The van der Waals surface area contributed by atoms with Gasteiger partial charge >= 0.3 is 5.97 Å². The second kappa shape index (κ2) is 6.26. The van der Waals surface area contributed by atoms with Gasteiger partial charge in [-0.15, -0.1) is 0 Å². The smallest absolute Gasteiger partial charge is 0.338 e. The van der Waals surface area contributed by atoms with Crippen LogP contribution in [0.15, 0.2) is 48.5 Å². The Hall–Kier alpha value is -2.59. The first kappa shape index (κ1) is 15.3. The number of aryl methyl sites for hydroxylation is 1. The van der Waals surface area contributed by atoms with Crippen molar-refractivity contribution in [3.63, 3.8) is 0 Å². The molecular formula is C18H14ClNO3. The van der Waals surface area contributed by atoms with E-state index < -0.39 is 5.97 Å². The Balaban J connectivity index is 1.78. The molecule has 1 aromatic heterocycles. The van der Waals surface area contributed by atoms with Gasteiger partial charge in [-0.2, -0.15) is 0 Å². The average Bonchev–Trinajstić information content (AvgIpc) is 2.53. The number of aromatic nitrogens is 1. The Morgan fingerprint density at radius 1 is 1.17 bits per heavy atom. The van der Waals surface area contributed by atoms with Crippen LogP contribution in [0, 0.1) is 6.92 Å². The number of benzene rings is 2. The number of nitrogens with zero attached hydrogens (tertiary/aromatic N) is 1. The number of hydrogen-bond donors (Lipinski definition) is 1. The highest BCUT2D eigenvalue weighted by Gasteiger charge is 2.10. The summed E-state index contributed by atoms with van der Waals surface area (Å²) in [5.74, 6) is -0.385. The van der Waals surface area contributed by atoms with Crippen molar-refractivity contribution >= 4 is 28.5 Å². The summed E-state index contributed by atoms with van der Waals surface area (Å²) in [7, 11) is 0. The van der Waals surface area contributed by atoms with Crippen LogP contribution in [-0.4, -0.2) is 16.1 Å². The van der Waals surface area contributed by atoms with Crippen molar-refractivity contribution in [1.29, 1.82) is 0 Å². The molecule has 0 unspecified atom stereocenters. The van der Waals surface area contributed by atoms with Gasteiger partial charge in [-0.05, 0) is 48.9 Å². The van der Waals surface area contributed by atoms with E-state index in [0.717, 1.165) is 16.5 Å². The number of halogens is 1. The number of esters is 1. The standard InChI is InChI=1S/C18H14ClNO3/c1-11-2-3-13-9-14(17(19)20-16(13)8-11)10-23-18(22)12-4-6-15(21)7-5-12/h2-9,21H,10H2,1H3. The molecule has 3 aromatic rings. The molecule has 116 valence electrons. The van der Waals surface area contributed by atoms with Crippen LogP contribution in [0.4, 0.5) is 0 Å². The van der Waals surface area contributed by atoms with Gasteiger partial charge in [0.05, 0.1) is 11.1 Å². The third-order valence-electron chi connectivity index (χ3n) is 3.46. The number of carbonyl (C=O) groups is 1. The van der Waals surface area contributed by atoms with Crippen LogP contribution in [-0.2, 0) is 11.3 Å². The second-order valence-electron chi connectivity index (χ2n) is 5.26. The number of fused-ring (bicyclic) bond motifs is 1. The predicted molar refractivity (Wildman–Crippen MR) is 88.7 cm³/mol. The van der Waals surface area contributed by atoms with Gasteiger partial charge < -0.3 is 9.84 Å². The average molecular weight is 328 g/mol. The number of rotatable bonds is 3. The van der Waals surface area contributed by atoms with Crippen molar-refractivity contribution < 1.29 is 14.6 Å². The largest absolute Gasteiger partial charge is 0.508 e. The number of phenolic OH excluding ortho intramolecular Hbond substituents is 1.